The minimum absolute atomic E-state index is 0.491. The molecule has 0 unspecified atom stereocenters. The summed E-state index contributed by atoms with van der Waals surface area (Å²) in [6, 6.07) is 0. The highest BCUT2D eigenvalue weighted by Crippen LogP contribution is 2.46. The molecule has 0 aromatic heterocycles. The van der Waals surface area contributed by atoms with Crippen molar-refractivity contribution >= 4 is 5.97 Å². The number of fused-ring (bicyclic) bond motifs is 1. The number of hydrogen-bond acceptors (Lipinski definition) is 1. The van der Waals surface area contributed by atoms with Gasteiger partial charge in [-0.25, -0.2) is 4.79 Å². The monoisotopic (exact) mass is 234 g/mol. The molecule has 1 fully saturated rings. The van der Waals surface area contributed by atoms with Crippen LogP contribution in [0.2, 0.25) is 0 Å². The van der Waals surface area contributed by atoms with E-state index in [4.69, 9.17) is 0 Å². The molecular formula is C15H22O2. The first-order chi connectivity index (χ1) is 8.00. The summed E-state index contributed by atoms with van der Waals surface area (Å²) in [5, 5.41) is 9.34. The van der Waals surface area contributed by atoms with Crippen LogP contribution in [-0.2, 0) is 4.79 Å². The Morgan fingerprint density at radius 2 is 2.06 bits per heavy atom. The van der Waals surface area contributed by atoms with Gasteiger partial charge >= 0.3 is 5.97 Å². The lowest BCUT2D eigenvalue weighted by Crippen LogP contribution is -2.12. The van der Waals surface area contributed by atoms with Gasteiger partial charge in [0.1, 0.15) is 0 Å². The minimum Gasteiger partial charge on any atom is -0.478 e. The van der Waals surface area contributed by atoms with E-state index >= 15 is 0 Å². The molecule has 0 heterocycles. The first kappa shape index (κ1) is 12.4. The SMILES string of the molecule is C=C(C)[C@H]1CCC(C(=O)O)=C2CC[C@@H](C)[C@H]2C1. The molecule has 3 atom stereocenters. The predicted octanol–water partition coefficient (Wildman–Crippen LogP) is 3.79. The summed E-state index contributed by atoms with van der Waals surface area (Å²) in [6.45, 7) is 8.40. The summed E-state index contributed by atoms with van der Waals surface area (Å²) in [4.78, 5) is 11.4. The van der Waals surface area contributed by atoms with Crippen LogP contribution in [0.4, 0.5) is 0 Å². The summed E-state index contributed by atoms with van der Waals surface area (Å²) in [6.07, 6.45) is 4.95. The van der Waals surface area contributed by atoms with Gasteiger partial charge in [0.15, 0.2) is 0 Å². The first-order valence-corrected chi connectivity index (χ1v) is 6.61. The fourth-order valence-corrected chi connectivity index (χ4v) is 3.46. The van der Waals surface area contributed by atoms with E-state index in [9.17, 15) is 9.90 Å². The minimum atomic E-state index is -0.693. The zero-order valence-electron chi connectivity index (χ0n) is 10.8. The molecule has 0 amide bonds. The van der Waals surface area contributed by atoms with Crippen molar-refractivity contribution in [3.05, 3.63) is 23.3 Å². The second-order valence-electron chi connectivity index (χ2n) is 5.75. The maximum Gasteiger partial charge on any atom is 0.331 e. The van der Waals surface area contributed by atoms with Crippen molar-refractivity contribution in [2.75, 3.05) is 0 Å². The Hall–Kier alpha value is -1.05. The molecule has 2 rings (SSSR count). The molecule has 0 aromatic rings. The summed E-state index contributed by atoms with van der Waals surface area (Å²) < 4.78 is 0. The number of allylic oxidation sites excluding steroid dienone is 2. The van der Waals surface area contributed by atoms with E-state index in [0.29, 0.717) is 23.3 Å². The molecule has 0 aromatic carbocycles. The van der Waals surface area contributed by atoms with Gasteiger partial charge in [0.25, 0.3) is 0 Å². The molecule has 94 valence electrons. The molecule has 2 aliphatic carbocycles. The number of carbonyl (C=O) groups is 1. The van der Waals surface area contributed by atoms with Gasteiger partial charge in [-0.1, -0.05) is 24.6 Å². The van der Waals surface area contributed by atoms with E-state index in [-0.39, 0.29) is 0 Å². The van der Waals surface area contributed by atoms with E-state index in [2.05, 4.69) is 20.4 Å². The van der Waals surface area contributed by atoms with Gasteiger partial charge in [-0.3, -0.25) is 0 Å². The van der Waals surface area contributed by atoms with Gasteiger partial charge in [-0.05, 0) is 56.8 Å². The van der Waals surface area contributed by atoms with Gasteiger partial charge in [-0.2, -0.15) is 0 Å². The maximum atomic E-state index is 11.4. The third-order valence-corrected chi connectivity index (χ3v) is 4.63. The van der Waals surface area contributed by atoms with E-state index in [1.165, 1.54) is 11.1 Å². The Labute approximate surface area is 103 Å². The Morgan fingerprint density at radius 3 is 2.65 bits per heavy atom. The highest BCUT2D eigenvalue weighted by atomic mass is 16.4. The standard InChI is InChI=1S/C15H22O2/c1-9(2)11-5-7-13(15(16)17)12-6-4-10(3)14(12)8-11/h10-11,14H,1,4-8H2,2-3H3,(H,16,17)/t10-,11+,14-/m1/s1. The van der Waals surface area contributed by atoms with Crippen LogP contribution in [0, 0.1) is 17.8 Å². The van der Waals surface area contributed by atoms with E-state index in [1.807, 2.05) is 0 Å². The van der Waals surface area contributed by atoms with Crippen molar-refractivity contribution in [2.45, 2.75) is 46.0 Å². The van der Waals surface area contributed by atoms with Crippen LogP contribution in [0.3, 0.4) is 0 Å². The Bertz CT molecular complexity index is 378. The Balaban J connectivity index is 2.32. The van der Waals surface area contributed by atoms with Crippen LogP contribution in [0.15, 0.2) is 23.3 Å². The molecule has 2 nitrogen and oxygen atoms in total. The second kappa shape index (κ2) is 4.67. The summed E-state index contributed by atoms with van der Waals surface area (Å²) in [7, 11) is 0. The lowest BCUT2D eigenvalue weighted by atomic mass is 9.83. The van der Waals surface area contributed by atoms with Gasteiger partial charge in [0, 0.05) is 5.57 Å². The summed E-state index contributed by atoms with van der Waals surface area (Å²) >= 11 is 0. The first-order valence-electron chi connectivity index (χ1n) is 6.61. The van der Waals surface area contributed by atoms with Crippen LogP contribution in [0.5, 0.6) is 0 Å². The number of carboxylic acid groups (broad SMARTS) is 1. The molecule has 0 radical (unpaired) electrons. The van der Waals surface area contributed by atoms with Crippen molar-refractivity contribution in [1.82, 2.24) is 0 Å². The fourth-order valence-electron chi connectivity index (χ4n) is 3.46. The van der Waals surface area contributed by atoms with Gasteiger partial charge in [0.2, 0.25) is 0 Å². The van der Waals surface area contributed by atoms with Crippen molar-refractivity contribution < 1.29 is 9.90 Å². The maximum absolute atomic E-state index is 11.4. The predicted molar refractivity (Wildman–Crippen MR) is 68.7 cm³/mol. The second-order valence-corrected chi connectivity index (χ2v) is 5.75. The fraction of sp³-hybridized carbons (Fsp3) is 0.667. The van der Waals surface area contributed by atoms with Crippen molar-refractivity contribution in [1.29, 1.82) is 0 Å². The molecule has 0 bridgehead atoms. The molecule has 1 saturated carbocycles. The number of rotatable bonds is 2. The number of hydrogen-bond donors (Lipinski definition) is 1. The van der Waals surface area contributed by atoms with Crippen molar-refractivity contribution in [3.8, 4) is 0 Å². The molecule has 17 heavy (non-hydrogen) atoms. The van der Waals surface area contributed by atoms with E-state index in [0.717, 1.165) is 32.1 Å². The smallest absolute Gasteiger partial charge is 0.331 e. The van der Waals surface area contributed by atoms with Crippen LogP contribution in [0.25, 0.3) is 0 Å². The quantitative estimate of drug-likeness (QED) is 0.738. The Kier molecular flexibility index (Phi) is 3.41. The third kappa shape index (κ3) is 2.31. The molecule has 0 saturated heterocycles. The molecule has 0 aliphatic heterocycles. The number of aliphatic carboxylic acids is 1. The van der Waals surface area contributed by atoms with Crippen LogP contribution >= 0.6 is 0 Å². The number of carboxylic acids is 1. The molecule has 0 spiro atoms. The average Bonchev–Trinajstić information content (AvgIpc) is 2.51. The molecule has 1 N–H and O–H groups in total. The molecule has 2 heteroatoms. The summed E-state index contributed by atoms with van der Waals surface area (Å²) in [5.74, 6) is 0.943. The largest absolute Gasteiger partial charge is 0.478 e. The van der Waals surface area contributed by atoms with E-state index < -0.39 is 5.97 Å². The Morgan fingerprint density at radius 1 is 1.35 bits per heavy atom. The average molecular weight is 234 g/mol. The van der Waals surface area contributed by atoms with Crippen LogP contribution in [0.1, 0.15) is 46.0 Å². The van der Waals surface area contributed by atoms with Crippen molar-refractivity contribution in [2.24, 2.45) is 17.8 Å². The summed E-state index contributed by atoms with van der Waals surface area (Å²) in [5.41, 5.74) is 3.17. The third-order valence-electron chi connectivity index (χ3n) is 4.63. The van der Waals surface area contributed by atoms with Gasteiger partial charge in [-0.15, -0.1) is 0 Å². The zero-order valence-corrected chi connectivity index (χ0v) is 10.8. The van der Waals surface area contributed by atoms with Gasteiger partial charge < -0.3 is 5.11 Å². The van der Waals surface area contributed by atoms with Crippen LogP contribution < -0.4 is 0 Å². The van der Waals surface area contributed by atoms with Crippen molar-refractivity contribution in [3.63, 3.8) is 0 Å². The highest BCUT2D eigenvalue weighted by Gasteiger charge is 2.36. The lowest BCUT2D eigenvalue weighted by Gasteiger charge is -2.21. The normalized spacial score (nSPS) is 33.2. The molecule has 2 aliphatic rings. The van der Waals surface area contributed by atoms with E-state index in [1.54, 1.807) is 0 Å². The molecular weight excluding hydrogens is 212 g/mol. The van der Waals surface area contributed by atoms with Gasteiger partial charge in [0.05, 0.1) is 0 Å². The zero-order chi connectivity index (χ0) is 12.6. The highest BCUT2D eigenvalue weighted by molar-refractivity contribution is 5.87. The topological polar surface area (TPSA) is 37.3 Å². The van der Waals surface area contributed by atoms with Crippen LogP contribution in [-0.4, -0.2) is 11.1 Å². The lowest BCUT2D eigenvalue weighted by molar-refractivity contribution is -0.132.